The molecule has 4 nitrogen and oxygen atoms in total. The number of aromatic nitrogens is 1. The largest absolute Gasteiger partial charge is 0.464 e. The summed E-state index contributed by atoms with van der Waals surface area (Å²) >= 11 is 0. The number of hydrogen-bond donors (Lipinski definition) is 0. The molecule has 340 valence electrons. The van der Waals surface area contributed by atoms with Crippen LogP contribution in [0, 0.1) is 0 Å². The Labute approximate surface area is 409 Å². The average Bonchev–Trinajstić information content (AvgIpc) is 4.09. The molecule has 5 heterocycles. The zero-order valence-electron chi connectivity index (χ0n) is 41.6. The third-order valence-corrected chi connectivity index (χ3v) is 17.6. The summed E-state index contributed by atoms with van der Waals surface area (Å²) in [7, 11) is 0. The van der Waals surface area contributed by atoms with Gasteiger partial charge in [0.1, 0.15) is 16.7 Å². The minimum absolute atomic E-state index is 0.000700. The van der Waals surface area contributed by atoms with Crippen molar-refractivity contribution in [3.8, 4) is 39.1 Å². The molecule has 8 aromatic carbocycles. The second-order valence-electron chi connectivity index (χ2n) is 23.9. The van der Waals surface area contributed by atoms with Gasteiger partial charge in [-0.15, -0.1) is 0 Å². The van der Waals surface area contributed by atoms with E-state index >= 15 is 0 Å². The predicted octanol–water partition coefficient (Wildman–Crippen LogP) is 16.3. The van der Waals surface area contributed by atoms with Crippen LogP contribution < -0.4 is 15.7 Å². The summed E-state index contributed by atoms with van der Waals surface area (Å²) in [4.78, 5) is 2.65. The van der Waals surface area contributed by atoms with E-state index in [0.717, 1.165) is 68.3 Å². The fourth-order valence-corrected chi connectivity index (χ4v) is 13.9. The lowest BCUT2D eigenvalue weighted by Gasteiger charge is -2.43. The van der Waals surface area contributed by atoms with Crippen molar-refractivity contribution in [2.24, 2.45) is 0 Å². The number of benzene rings is 8. The molecule has 0 saturated carbocycles. The Balaban J connectivity index is 1.19. The third kappa shape index (κ3) is 5.08. The van der Waals surface area contributed by atoms with Crippen LogP contribution in [0.2, 0.25) is 0 Å². The molecule has 11 aromatic rings. The Morgan fingerprint density at radius 2 is 1.27 bits per heavy atom. The first-order valence-corrected chi connectivity index (χ1v) is 25.4. The van der Waals surface area contributed by atoms with E-state index in [1.54, 1.807) is 0 Å². The van der Waals surface area contributed by atoms with Gasteiger partial charge in [0.2, 0.25) is 0 Å². The van der Waals surface area contributed by atoms with Gasteiger partial charge in [-0.2, -0.15) is 0 Å². The number of fused-ring (bicyclic) bond motifs is 18. The standard InChI is InChI=1S/C65H55BN2O2/c1-62(2,3)37-23-25-38(26-24-37)68-51-34-55-41(39-19-14-16-22-53(39)70-55)29-43(51)58-59-56(40-20-13-15-21-46(40)65(59,8)9)57-44-30-47-48(64(6,7)28-27-63(47,4)5)32-50(44)67-52-31-42-45(36-17-11-10-12-18-36)35-69-54(42)33-49(52)66(68)60(58)61(57)67/h10-26,29-35H,27-28H2,1-9H3. The second kappa shape index (κ2) is 13.1. The normalized spacial score (nSPS) is 16.8. The minimum Gasteiger partial charge on any atom is -0.464 e. The van der Waals surface area contributed by atoms with Gasteiger partial charge in [-0.25, -0.2) is 0 Å². The van der Waals surface area contributed by atoms with Crippen LogP contribution in [0.3, 0.4) is 0 Å². The molecule has 15 rings (SSSR count). The molecular formula is C65H55BN2O2. The zero-order chi connectivity index (χ0) is 47.5. The molecular weight excluding hydrogens is 852 g/mol. The van der Waals surface area contributed by atoms with Crippen LogP contribution in [0.4, 0.5) is 11.4 Å². The molecule has 0 amide bonds. The molecule has 2 aliphatic heterocycles. The molecule has 0 atom stereocenters. The van der Waals surface area contributed by atoms with Gasteiger partial charge in [-0.05, 0) is 139 Å². The number of para-hydroxylation sites is 1. The van der Waals surface area contributed by atoms with Gasteiger partial charge in [-0.1, -0.05) is 147 Å². The van der Waals surface area contributed by atoms with Crippen LogP contribution in [-0.2, 0) is 21.7 Å². The van der Waals surface area contributed by atoms with Crippen molar-refractivity contribution in [3.05, 3.63) is 174 Å². The summed E-state index contributed by atoms with van der Waals surface area (Å²) in [5.41, 5.74) is 25.8. The van der Waals surface area contributed by atoms with E-state index < -0.39 is 0 Å². The summed E-state index contributed by atoms with van der Waals surface area (Å²) < 4.78 is 16.3. The molecule has 5 heteroatoms. The zero-order valence-corrected chi connectivity index (χ0v) is 41.6. The van der Waals surface area contributed by atoms with Gasteiger partial charge in [0, 0.05) is 66.6 Å². The highest BCUT2D eigenvalue weighted by molar-refractivity contribution is 6.94. The van der Waals surface area contributed by atoms with Crippen molar-refractivity contribution in [2.45, 2.75) is 96.8 Å². The topological polar surface area (TPSA) is 34.5 Å². The van der Waals surface area contributed by atoms with Gasteiger partial charge < -0.3 is 18.2 Å². The number of hydrogen-bond acceptors (Lipinski definition) is 3. The van der Waals surface area contributed by atoms with Crippen molar-refractivity contribution in [1.82, 2.24) is 4.57 Å². The first-order valence-electron chi connectivity index (χ1n) is 25.4. The molecule has 0 fully saturated rings. The highest BCUT2D eigenvalue weighted by atomic mass is 16.3. The Bertz CT molecular complexity index is 4130. The van der Waals surface area contributed by atoms with E-state index in [1.165, 1.54) is 88.5 Å². The molecule has 0 bridgehead atoms. The highest BCUT2D eigenvalue weighted by Gasteiger charge is 2.51. The lowest BCUT2D eigenvalue weighted by Crippen LogP contribution is -2.61. The summed E-state index contributed by atoms with van der Waals surface area (Å²) in [6.45, 7) is 21.5. The molecule has 0 N–H and O–H groups in total. The fraction of sp³-hybridized carbons (Fsp3) is 0.231. The van der Waals surface area contributed by atoms with Crippen LogP contribution in [0.5, 0.6) is 0 Å². The quantitative estimate of drug-likeness (QED) is 0.162. The number of furan rings is 2. The monoisotopic (exact) mass is 906 g/mol. The van der Waals surface area contributed by atoms with E-state index in [1.807, 2.05) is 6.26 Å². The summed E-state index contributed by atoms with van der Waals surface area (Å²) in [6, 6.07) is 53.0. The maximum atomic E-state index is 6.84. The Morgan fingerprint density at radius 1 is 0.557 bits per heavy atom. The minimum atomic E-state index is -0.308. The van der Waals surface area contributed by atoms with Gasteiger partial charge in [0.25, 0.3) is 0 Å². The number of anilines is 2. The Hall–Kier alpha value is -7.24. The van der Waals surface area contributed by atoms with Crippen LogP contribution >= 0.6 is 0 Å². The molecule has 4 aliphatic rings. The van der Waals surface area contributed by atoms with E-state index in [-0.39, 0.29) is 28.5 Å². The van der Waals surface area contributed by atoms with Crippen LogP contribution in [0.15, 0.2) is 155 Å². The highest BCUT2D eigenvalue weighted by Crippen LogP contribution is 2.60. The first kappa shape index (κ1) is 40.6. The lowest BCUT2D eigenvalue weighted by molar-refractivity contribution is 0.332. The van der Waals surface area contributed by atoms with E-state index in [4.69, 9.17) is 8.83 Å². The lowest BCUT2D eigenvalue weighted by atomic mass is 9.43. The molecule has 0 spiro atoms. The summed E-state index contributed by atoms with van der Waals surface area (Å²) in [5.74, 6) is 0. The number of rotatable bonds is 2. The SMILES string of the molecule is CC(C)(C)c1ccc(N2B3c4cc5occ(-c6ccccc6)c5cc4-n4c5cc6c(cc5c5c7c(c(c3c54)-c3cc4c(cc32)oc2ccccc24)C(C)(C)c2ccccc2-7)C(C)(C)CCC6(C)C)cc1. The van der Waals surface area contributed by atoms with Crippen molar-refractivity contribution in [3.63, 3.8) is 0 Å². The summed E-state index contributed by atoms with van der Waals surface area (Å²) in [5, 5.41) is 6.12. The summed E-state index contributed by atoms with van der Waals surface area (Å²) in [6.07, 6.45) is 4.28. The first-order chi connectivity index (χ1) is 33.6. The molecule has 70 heavy (non-hydrogen) atoms. The van der Waals surface area contributed by atoms with E-state index in [0.29, 0.717) is 0 Å². The van der Waals surface area contributed by atoms with Crippen molar-refractivity contribution in [2.75, 3.05) is 4.81 Å². The Kier molecular flexibility index (Phi) is 7.62. The third-order valence-electron chi connectivity index (χ3n) is 17.6. The maximum absolute atomic E-state index is 6.84. The van der Waals surface area contributed by atoms with Crippen molar-refractivity contribution >= 4 is 83.9 Å². The molecule has 2 aliphatic carbocycles. The molecule has 0 unspecified atom stereocenters. The second-order valence-corrected chi connectivity index (χ2v) is 23.9. The smallest absolute Gasteiger partial charge is 0.333 e. The van der Waals surface area contributed by atoms with Gasteiger partial charge in [0.05, 0.1) is 17.3 Å². The fourth-order valence-electron chi connectivity index (χ4n) is 13.9. The van der Waals surface area contributed by atoms with Crippen molar-refractivity contribution < 1.29 is 8.83 Å². The van der Waals surface area contributed by atoms with Crippen LogP contribution in [-0.4, -0.2) is 11.4 Å². The predicted molar refractivity (Wildman–Crippen MR) is 294 cm³/mol. The van der Waals surface area contributed by atoms with Gasteiger partial charge >= 0.3 is 6.85 Å². The van der Waals surface area contributed by atoms with E-state index in [9.17, 15) is 0 Å². The number of nitrogens with zero attached hydrogens (tertiary/aromatic N) is 2. The average molecular weight is 907 g/mol. The molecule has 0 radical (unpaired) electrons. The molecule has 0 saturated heterocycles. The van der Waals surface area contributed by atoms with Crippen molar-refractivity contribution in [1.29, 1.82) is 0 Å². The maximum Gasteiger partial charge on any atom is 0.333 e. The van der Waals surface area contributed by atoms with Crippen LogP contribution in [0.25, 0.3) is 93.8 Å². The van der Waals surface area contributed by atoms with Crippen LogP contribution in [0.1, 0.15) is 103 Å². The van der Waals surface area contributed by atoms with Gasteiger partial charge in [-0.3, -0.25) is 0 Å². The van der Waals surface area contributed by atoms with Gasteiger partial charge in [0.15, 0.2) is 0 Å². The molecule has 3 aromatic heterocycles. The Morgan fingerprint density at radius 3 is 2.04 bits per heavy atom. The van der Waals surface area contributed by atoms with E-state index in [2.05, 4.69) is 211 Å².